The van der Waals surface area contributed by atoms with Gasteiger partial charge in [0.05, 0.1) is 23.8 Å². The number of aromatic amines is 1. The number of H-pyrrole nitrogens is 1. The number of methoxy groups -OCH3 is 1. The predicted molar refractivity (Wildman–Crippen MR) is 85.8 cm³/mol. The monoisotopic (exact) mass is 336 g/mol. The van der Waals surface area contributed by atoms with E-state index in [9.17, 15) is 14.9 Å². The van der Waals surface area contributed by atoms with E-state index in [1.807, 2.05) is 0 Å². The summed E-state index contributed by atoms with van der Waals surface area (Å²) in [6.45, 7) is 1.61. The molecule has 0 aliphatic rings. The summed E-state index contributed by atoms with van der Waals surface area (Å²) in [6, 6.07) is 3.84. The minimum atomic E-state index is -0.555. The van der Waals surface area contributed by atoms with Crippen molar-refractivity contribution in [1.82, 2.24) is 9.78 Å². The van der Waals surface area contributed by atoms with Gasteiger partial charge in [-0.25, -0.2) is 0 Å². The summed E-state index contributed by atoms with van der Waals surface area (Å²) < 4.78 is 6.00. The van der Waals surface area contributed by atoms with Crippen molar-refractivity contribution in [1.29, 1.82) is 0 Å². The summed E-state index contributed by atoms with van der Waals surface area (Å²) in [5, 5.41) is 21.0. The summed E-state index contributed by atoms with van der Waals surface area (Å²) in [7, 11) is 1.35. The van der Waals surface area contributed by atoms with Gasteiger partial charge in [0.15, 0.2) is 16.5 Å². The van der Waals surface area contributed by atoms with Gasteiger partial charge in [0.25, 0.3) is 5.69 Å². The van der Waals surface area contributed by atoms with Crippen LogP contribution in [0.1, 0.15) is 5.69 Å². The van der Waals surface area contributed by atoms with E-state index in [1.165, 1.54) is 25.3 Å². The normalized spacial score (nSPS) is 10.9. The fraction of sp³-hybridized carbons (Fsp3) is 0.167. The van der Waals surface area contributed by atoms with Gasteiger partial charge in [-0.15, -0.1) is 10.2 Å². The van der Waals surface area contributed by atoms with E-state index >= 15 is 0 Å². The van der Waals surface area contributed by atoms with E-state index in [4.69, 9.17) is 22.7 Å². The van der Waals surface area contributed by atoms with E-state index in [0.717, 1.165) is 4.68 Å². The smallest absolute Gasteiger partial charge is 0.301 e. The van der Waals surface area contributed by atoms with Crippen LogP contribution in [0.5, 0.6) is 5.75 Å². The third-order valence-electron chi connectivity index (χ3n) is 2.89. The molecule has 0 aliphatic heterocycles. The average molecular weight is 336 g/mol. The molecule has 0 unspecified atom stereocenters. The zero-order valence-electron chi connectivity index (χ0n) is 12.1. The molecule has 1 aromatic carbocycles. The van der Waals surface area contributed by atoms with Crippen LogP contribution in [0, 0.1) is 17.0 Å². The Morgan fingerprint density at radius 3 is 2.70 bits per heavy atom. The molecule has 0 fully saturated rings. The second kappa shape index (κ2) is 6.36. The van der Waals surface area contributed by atoms with Crippen LogP contribution < -0.4 is 16.0 Å². The number of non-ortho nitro benzene ring substituents is 1. The molecule has 2 aromatic rings. The zero-order chi connectivity index (χ0) is 17.1. The number of nitrogens with one attached hydrogen (secondary N) is 1. The van der Waals surface area contributed by atoms with E-state index in [0.29, 0.717) is 5.69 Å². The van der Waals surface area contributed by atoms with Gasteiger partial charge >= 0.3 is 5.56 Å². The van der Waals surface area contributed by atoms with Gasteiger partial charge in [-0.2, -0.15) is 4.68 Å². The minimum Gasteiger partial charge on any atom is -0.494 e. The second-order valence-corrected chi connectivity index (χ2v) is 4.80. The Balaban J connectivity index is 2.43. The Labute approximate surface area is 134 Å². The number of nitrogens with zero attached hydrogens (tertiary/aromatic N) is 4. The molecule has 10 nitrogen and oxygen atoms in total. The number of azo groups is 1. The first kappa shape index (κ1) is 16.3. The first-order chi connectivity index (χ1) is 10.8. The molecule has 0 radical (unpaired) electrons. The number of rotatable bonds is 4. The Bertz CT molecular complexity index is 869. The van der Waals surface area contributed by atoms with Gasteiger partial charge in [0, 0.05) is 6.07 Å². The van der Waals surface area contributed by atoms with Crippen LogP contribution in [0.15, 0.2) is 33.2 Å². The number of hydrogen-bond acceptors (Lipinski definition) is 7. The molecule has 0 bridgehead atoms. The van der Waals surface area contributed by atoms with Crippen LogP contribution in [0.4, 0.5) is 17.1 Å². The molecule has 0 saturated heterocycles. The maximum Gasteiger partial charge on any atom is 0.301 e. The van der Waals surface area contributed by atoms with Gasteiger partial charge in [-0.3, -0.25) is 20.0 Å². The van der Waals surface area contributed by atoms with E-state index in [-0.39, 0.29) is 27.9 Å². The lowest BCUT2D eigenvalue weighted by atomic mass is 10.2. The van der Waals surface area contributed by atoms with Gasteiger partial charge in [-0.1, -0.05) is 0 Å². The lowest BCUT2D eigenvalue weighted by Gasteiger charge is -2.02. The van der Waals surface area contributed by atoms with Crippen molar-refractivity contribution in [2.75, 3.05) is 7.11 Å². The number of thiocarbonyl (C=S) groups is 1. The van der Waals surface area contributed by atoms with E-state index in [1.54, 1.807) is 6.92 Å². The molecule has 0 aliphatic carbocycles. The quantitative estimate of drug-likeness (QED) is 0.378. The van der Waals surface area contributed by atoms with Crippen molar-refractivity contribution in [2.45, 2.75) is 6.92 Å². The largest absolute Gasteiger partial charge is 0.494 e. The highest BCUT2D eigenvalue weighted by atomic mass is 32.1. The number of nitro benzene ring substituents is 1. The van der Waals surface area contributed by atoms with Crippen molar-refractivity contribution in [3.63, 3.8) is 0 Å². The molecule has 0 atom stereocenters. The first-order valence-corrected chi connectivity index (χ1v) is 6.61. The highest BCUT2D eigenvalue weighted by Gasteiger charge is 2.14. The molecule has 2 rings (SSSR count). The van der Waals surface area contributed by atoms with Crippen molar-refractivity contribution >= 4 is 34.4 Å². The molecule has 0 spiro atoms. The van der Waals surface area contributed by atoms with E-state index < -0.39 is 10.5 Å². The van der Waals surface area contributed by atoms with Crippen LogP contribution in [0.3, 0.4) is 0 Å². The molecule has 0 saturated carbocycles. The minimum absolute atomic E-state index is 0.0261. The van der Waals surface area contributed by atoms with Crippen molar-refractivity contribution < 1.29 is 9.66 Å². The van der Waals surface area contributed by atoms with Crippen LogP contribution >= 0.6 is 12.2 Å². The molecule has 3 N–H and O–H groups in total. The first-order valence-electron chi connectivity index (χ1n) is 6.20. The summed E-state index contributed by atoms with van der Waals surface area (Å²) in [5.74, 6) is 0.158. The molecule has 11 heteroatoms. The summed E-state index contributed by atoms with van der Waals surface area (Å²) in [4.78, 5) is 22.2. The zero-order valence-corrected chi connectivity index (χ0v) is 13.0. The lowest BCUT2D eigenvalue weighted by molar-refractivity contribution is -0.384. The molecule has 1 heterocycles. The number of ether oxygens (including phenoxy) is 1. The van der Waals surface area contributed by atoms with Crippen molar-refractivity contribution in [3.8, 4) is 5.75 Å². The molecule has 0 amide bonds. The van der Waals surface area contributed by atoms with Crippen molar-refractivity contribution in [3.05, 3.63) is 44.4 Å². The second-order valence-electron chi connectivity index (χ2n) is 4.38. The third-order valence-corrected chi connectivity index (χ3v) is 3.08. The SMILES string of the molecule is COc1cc([N+](=O)[O-])ccc1N=Nc1c(C)[nH]n(C(N)=S)c1=O. The van der Waals surface area contributed by atoms with Gasteiger partial charge < -0.3 is 10.5 Å². The average Bonchev–Trinajstić information content (AvgIpc) is 2.80. The van der Waals surface area contributed by atoms with Crippen LogP contribution in [0.2, 0.25) is 0 Å². The topological polar surface area (TPSA) is 141 Å². The molecule has 120 valence electrons. The number of aromatic nitrogens is 2. The van der Waals surface area contributed by atoms with Gasteiger partial charge in [-0.05, 0) is 25.2 Å². The Hall–Kier alpha value is -3.08. The maximum atomic E-state index is 12.0. The highest BCUT2D eigenvalue weighted by Crippen LogP contribution is 2.32. The molecule has 23 heavy (non-hydrogen) atoms. The molecular weight excluding hydrogens is 324 g/mol. The molecule has 1 aromatic heterocycles. The fourth-order valence-corrected chi connectivity index (χ4v) is 1.91. The Morgan fingerprint density at radius 2 is 2.17 bits per heavy atom. The van der Waals surface area contributed by atoms with Crippen molar-refractivity contribution in [2.24, 2.45) is 16.0 Å². The summed E-state index contributed by atoms with van der Waals surface area (Å²) >= 11 is 4.73. The van der Waals surface area contributed by atoms with Crippen LogP contribution in [0.25, 0.3) is 0 Å². The van der Waals surface area contributed by atoms with E-state index in [2.05, 4.69) is 15.3 Å². The number of benzene rings is 1. The Kier molecular flexibility index (Phi) is 4.50. The number of nitrogens with two attached hydrogens (primary N) is 1. The van der Waals surface area contributed by atoms with Crippen LogP contribution in [-0.2, 0) is 0 Å². The maximum absolute atomic E-state index is 12.0. The lowest BCUT2D eigenvalue weighted by Crippen LogP contribution is -2.29. The summed E-state index contributed by atoms with van der Waals surface area (Å²) in [5.41, 5.74) is 5.40. The predicted octanol–water partition coefficient (Wildman–Crippen LogP) is 1.91. The Morgan fingerprint density at radius 1 is 1.48 bits per heavy atom. The van der Waals surface area contributed by atoms with Gasteiger partial charge in [0.1, 0.15) is 5.69 Å². The fourth-order valence-electron chi connectivity index (χ4n) is 1.78. The highest BCUT2D eigenvalue weighted by molar-refractivity contribution is 7.80. The third kappa shape index (κ3) is 3.23. The van der Waals surface area contributed by atoms with Crippen LogP contribution in [-0.4, -0.2) is 26.9 Å². The standard InChI is InChI=1S/C12H12N6O4S/c1-6-10(11(19)17(16-6)12(13)23)15-14-8-4-3-7(18(20)21)5-9(8)22-2/h3-5,16H,1-2H3,(H2,13,23). The number of nitro groups is 1. The number of hydrogen-bond donors (Lipinski definition) is 2. The molecular formula is C12H12N6O4S. The number of aryl methyl sites for hydroxylation is 1. The summed E-state index contributed by atoms with van der Waals surface area (Å²) in [6.07, 6.45) is 0. The van der Waals surface area contributed by atoms with Gasteiger partial charge in [0.2, 0.25) is 0 Å².